The van der Waals surface area contributed by atoms with Crippen molar-refractivity contribution in [1.82, 2.24) is 10.6 Å². The van der Waals surface area contributed by atoms with Gasteiger partial charge in [-0.25, -0.2) is 4.39 Å². The van der Waals surface area contributed by atoms with E-state index in [0.29, 0.717) is 12.4 Å². The third kappa shape index (κ3) is 6.45. The molecule has 0 aromatic heterocycles. The van der Waals surface area contributed by atoms with Gasteiger partial charge in [0.2, 0.25) is 0 Å². The van der Waals surface area contributed by atoms with Crippen LogP contribution in [0.5, 0.6) is 11.5 Å². The largest absolute Gasteiger partial charge is 0.494 e. The smallest absolute Gasteiger partial charge is 0.258 e. The Hall–Kier alpha value is -2.80. The first kappa shape index (κ1) is 20.5. The molecule has 2 amide bonds. The molecule has 2 rings (SSSR count). The molecular formula is C19H20ClFN2O4. The van der Waals surface area contributed by atoms with Crippen molar-refractivity contribution in [3.8, 4) is 11.5 Å². The highest BCUT2D eigenvalue weighted by Gasteiger charge is 2.15. The van der Waals surface area contributed by atoms with Crippen molar-refractivity contribution in [3.05, 3.63) is 58.9 Å². The molecule has 0 unspecified atom stereocenters. The van der Waals surface area contributed by atoms with Gasteiger partial charge in [-0.05, 0) is 43.3 Å². The quantitative estimate of drug-likeness (QED) is 0.641. The SMILES string of the molecule is CCOc1ccc(OCC(=O)NCCNC(=O)c2c(F)cccc2Cl)cc1. The first-order valence-corrected chi connectivity index (χ1v) is 8.73. The molecule has 2 aromatic carbocycles. The van der Waals surface area contributed by atoms with Gasteiger partial charge in [-0.15, -0.1) is 0 Å². The second kappa shape index (κ2) is 10.4. The monoisotopic (exact) mass is 394 g/mol. The highest BCUT2D eigenvalue weighted by Crippen LogP contribution is 2.18. The van der Waals surface area contributed by atoms with Crippen LogP contribution >= 0.6 is 11.6 Å². The molecule has 8 heteroatoms. The Kier molecular flexibility index (Phi) is 7.88. The minimum Gasteiger partial charge on any atom is -0.494 e. The van der Waals surface area contributed by atoms with Gasteiger partial charge in [-0.2, -0.15) is 0 Å². The summed E-state index contributed by atoms with van der Waals surface area (Å²) in [6, 6.07) is 10.9. The second-order valence-corrected chi connectivity index (χ2v) is 5.80. The van der Waals surface area contributed by atoms with Crippen LogP contribution in [-0.2, 0) is 4.79 Å². The number of benzene rings is 2. The summed E-state index contributed by atoms with van der Waals surface area (Å²) < 4.78 is 24.3. The number of halogens is 2. The van der Waals surface area contributed by atoms with Crippen molar-refractivity contribution in [1.29, 1.82) is 0 Å². The van der Waals surface area contributed by atoms with Gasteiger partial charge < -0.3 is 20.1 Å². The zero-order valence-corrected chi connectivity index (χ0v) is 15.5. The molecule has 0 atom stereocenters. The van der Waals surface area contributed by atoms with Gasteiger partial charge >= 0.3 is 0 Å². The fraction of sp³-hybridized carbons (Fsp3) is 0.263. The van der Waals surface area contributed by atoms with Crippen molar-refractivity contribution in [3.63, 3.8) is 0 Å². The molecule has 144 valence electrons. The molecule has 0 bridgehead atoms. The van der Waals surface area contributed by atoms with Crippen LogP contribution in [0.4, 0.5) is 4.39 Å². The van der Waals surface area contributed by atoms with E-state index in [0.717, 1.165) is 11.8 Å². The third-order valence-corrected chi connectivity index (χ3v) is 3.74. The maximum absolute atomic E-state index is 13.6. The first-order valence-electron chi connectivity index (χ1n) is 8.35. The van der Waals surface area contributed by atoms with Crippen LogP contribution in [-0.4, -0.2) is 38.1 Å². The Morgan fingerprint density at radius 2 is 1.63 bits per heavy atom. The van der Waals surface area contributed by atoms with Crippen molar-refractivity contribution in [2.24, 2.45) is 0 Å². The Bertz CT molecular complexity index is 764. The molecular weight excluding hydrogens is 375 g/mol. The van der Waals surface area contributed by atoms with Gasteiger partial charge in [-0.3, -0.25) is 9.59 Å². The molecule has 0 spiro atoms. The van der Waals surface area contributed by atoms with Gasteiger partial charge in [0.25, 0.3) is 11.8 Å². The molecule has 0 radical (unpaired) electrons. The van der Waals surface area contributed by atoms with Crippen molar-refractivity contribution >= 4 is 23.4 Å². The second-order valence-electron chi connectivity index (χ2n) is 5.40. The predicted molar refractivity (Wildman–Crippen MR) is 99.9 cm³/mol. The highest BCUT2D eigenvalue weighted by molar-refractivity contribution is 6.33. The summed E-state index contributed by atoms with van der Waals surface area (Å²) >= 11 is 5.82. The van der Waals surface area contributed by atoms with E-state index in [-0.39, 0.29) is 36.2 Å². The highest BCUT2D eigenvalue weighted by atomic mass is 35.5. The number of amides is 2. The summed E-state index contributed by atoms with van der Waals surface area (Å²) in [5.74, 6) is -0.427. The number of ether oxygens (including phenoxy) is 2. The minimum atomic E-state index is -0.701. The molecule has 2 N–H and O–H groups in total. The standard InChI is InChI=1S/C19H20ClFN2O4/c1-2-26-13-6-8-14(9-7-13)27-12-17(24)22-10-11-23-19(25)18-15(20)4-3-5-16(18)21/h3-9H,2,10-12H2,1H3,(H,22,24)(H,23,25). The predicted octanol–water partition coefficient (Wildman–Crippen LogP) is 2.80. The van der Waals surface area contributed by atoms with Crippen molar-refractivity contribution in [2.45, 2.75) is 6.92 Å². The number of hydrogen-bond acceptors (Lipinski definition) is 4. The van der Waals surface area contributed by atoms with Gasteiger partial charge in [0, 0.05) is 13.1 Å². The van der Waals surface area contributed by atoms with E-state index < -0.39 is 11.7 Å². The summed E-state index contributed by atoms with van der Waals surface area (Å²) in [6.07, 6.45) is 0. The molecule has 0 aliphatic carbocycles. The Labute approximate surface area is 161 Å². The van der Waals surface area contributed by atoms with E-state index in [1.54, 1.807) is 24.3 Å². The summed E-state index contributed by atoms with van der Waals surface area (Å²) in [7, 11) is 0. The molecule has 0 saturated carbocycles. The Balaban J connectivity index is 1.68. The zero-order chi connectivity index (χ0) is 19.6. The van der Waals surface area contributed by atoms with Gasteiger partial charge in [0.05, 0.1) is 17.2 Å². The van der Waals surface area contributed by atoms with Gasteiger partial charge in [0.1, 0.15) is 17.3 Å². The van der Waals surface area contributed by atoms with Crippen LogP contribution in [0, 0.1) is 5.82 Å². The summed E-state index contributed by atoms with van der Waals surface area (Å²) in [6.45, 7) is 2.59. The van der Waals surface area contributed by atoms with E-state index in [2.05, 4.69) is 10.6 Å². The van der Waals surface area contributed by atoms with Crippen molar-refractivity contribution < 1.29 is 23.5 Å². The molecule has 0 aliphatic rings. The van der Waals surface area contributed by atoms with Crippen LogP contribution in [0.15, 0.2) is 42.5 Å². The molecule has 2 aromatic rings. The van der Waals surface area contributed by atoms with E-state index in [4.69, 9.17) is 21.1 Å². The molecule has 27 heavy (non-hydrogen) atoms. The summed E-state index contributed by atoms with van der Waals surface area (Å²) in [4.78, 5) is 23.7. The van der Waals surface area contributed by atoms with Gasteiger partial charge in [0.15, 0.2) is 6.61 Å². The lowest BCUT2D eigenvalue weighted by atomic mass is 10.2. The van der Waals surface area contributed by atoms with E-state index in [9.17, 15) is 14.0 Å². The Morgan fingerprint density at radius 3 is 2.26 bits per heavy atom. The topological polar surface area (TPSA) is 76.7 Å². The maximum atomic E-state index is 13.6. The molecule has 0 saturated heterocycles. The third-order valence-electron chi connectivity index (χ3n) is 3.43. The number of carbonyl (C=O) groups is 2. The fourth-order valence-corrected chi connectivity index (χ4v) is 2.43. The summed E-state index contributed by atoms with van der Waals surface area (Å²) in [5.41, 5.74) is -0.218. The molecule has 6 nitrogen and oxygen atoms in total. The van der Waals surface area contributed by atoms with Gasteiger partial charge in [-0.1, -0.05) is 17.7 Å². The van der Waals surface area contributed by atoms with E-state index >= 15 is 0 Å². The van der Waals surface area contributed by atoms with E-state index in [1.165, 1.54) is 12.1 Å². The van der Waals surface area contributed by atoms with Crippen LogP contribution in [0.2, 0.25) is 5.02 Å². The maximum Gasteiger partial charge on any atom is 0.258 e. The molecule has 0 fully saturated rings. The first-order chi connectivity index (χ1) is 13.0. The average Bonchev–Trinajstić information content (AvgIpc) is 2.65. The van der Waals surface area contributed by atoms with Crippen LogP contribution in [0.3, 0.4) is 0 Å². The number of rotatable bonds is 9. The number of hydrogen-bond donors (Lipinski definition) is 2. The lowest BCUT2D eigenvalue weighted by Crippen LogP contribution is -2.37. The normalized spacial score (nSPS) is 10.2. The lowest BCUT2D eigenvalue weighted by Gasteiger charge is -2.10. The van der Waals surface area contributed by atoms with Crippen LogP contribution < -0.4 is 20.1 Å². The van der Waals surface area contributed by atoms with Crippen molar-refractivity contribution in [2.75, 3.05) is 26.3 Å². The summed E-state index contributed by atoms with van der Waals surface area (Å²) in [5, 5.41) is 5.11. The average molecular weight is 395 g/mol. The fourth-order valence-electron chi connectivity index (χ4n) is 2.18. The lowest BCUT2D eigenvalue weighted by molar-refractivity contribution is -0.123. The molecule has 0 heterocycles. The minimum absolute atomic E-state index is 0.0280. The van der Waals surface area contributed by atoms with E-state index in [1.807, 2.05) is 6.92 Å². The number of carbonyl (C=O) groups excluding carboxylic acids is 2. The van der Waals surface area contributed by atoms with Crippen LogP contribution in [0.1, 0.15) is 17.3 Å². The Morgan fingerprint density at radius 1 is 1.00 bits per heavy atom. The van der Waals surface area contributed by atoms with Crippen LogP contribution in [0.25, 0.3) is 0 Å². The molecule has 0 aliphatic heterocycles. The zero-order valence-electron chi connectivity index (χ0n) is 14.8. The number of nitrogens with one attached hydrogen (secondary N) is 2.